The summed E-state index contributed by atoms with van der Waals surface area (Å²) in [4.78, 5) is 0. The van der Waals surface area contributed by atoms with Crippen LogP contribution in [-0.4, -0.2) is 8.07 Å². The molecular weight excluding hydrogens is 172 g/mol. The quantitative estimate of drug-likeness (QED) is 0.570. The van der Waals surface area contributed by atoms with E-state index in [4.69, 9.17) is 0 Å². The van der Waals surface area contributed by atoms with E-state index < -0.39 is 8.07 Å². The molecule has 0 rings (SSSR count). The minimum atomic E-state index is -1.30. The minimum absolute atomic E-state index is 0.810. The summed E-state index contributed by atoms with van der Waals surface area (Å²) in [6.07, 6.45) is 0. The molecule has 78 valence electrons. The molecule has 0 unspecified atom stereocenters. The summed E-state index contributed by atoms with van der Waals surface area (Å²) in [7, 11) is -1.30. The van der Waals surface area contributed by atoms with Crippen LogP contribution in [-0.2, 0) is 0 Å². The van der Waals surface area contributed by atoms with Gasteiger partial charge in [-0.05, 0) is 23.5 Å². The molecule has 0 saturated heterocycles. The van der Waals surface area contributed by atoms with Crippen molar-refractivity contribution < 1.29 is 0 Å². The molecule has 0 fully saturated rings. The minimum Gasteiger partial charge on any atom is -0.104 e. The largest absolute Gasteiger partial charge is 0.104 e. The SMILES string of the molecule is C=C(C)[Si](C(C)C)(C(C)C)C(C)C. The maximum absolute atomic E-state index is 4.25. The van der Waals surface area contributed by atoms with E-state index in [1.165, 1.54) is 5.20 Å². The molecule has 1 heteroatoms. The van der Waals surface area contributed by atoms with Gasteiger partial charge in [0.1, 0.15) is 0 Å². The summed E-state index contributed by atoms with van der Waals surface area (Å²) in [6, 6.07) is 0. The first kappa shape index (κ1) is 13.0. The van der Waals surface area contributed by atoms with Crippen LogP contribution in [0.1, 0.15) is 48.5 Å². The Balaban J connectivity index is 5.19. The predicted molar refractivity (Wildman–Crippen MR) is 65.9 cm³/mol. The molecule has 0 aliphatic rings. The van der Waals surface area contributed by atoms with Crippen LogP contribution in [0.25, 0.3) is 0 Å². The van der Waals surface area contributed by atoms with E-state index in [-0.39, 0.29) is 0 Å². The van der Waals surface area contributed by atoms with E-state index >= 15 is 0 Å². The van der Waals surface area contributed by atoms with Crippen LogP contribution in [0.2, 0.25) is 16.6 Å². The van der Waals surface area contributed by atoms with Gasteiger partial charge >= 0.3 is 0 Å². The molecule has 0 spiro atoms. The maximum atomic E-state index is 4.25. The normalized spacial score (nSPS) is 13.1. The topological polar surface area (TPSA) is 0 Å². The first-order chi connectivity index (χ1) is 5.77. The predicted octanol–water partition coefficient (Wildman–Crippen LogP) is 4.78. The molecule has 0 bridgehead atoms. The van der Waals surface area contributed by atoms with E-state index in [0.29, 0.717) is 0 Å². The maximum Gasteiger partial charge on any atom is 0.0879 e. The summed E-state index contributed by atoms with van der Waals surface area (Å²) in [6.45, 7) is 20.8. The fourth-order valence-corrected chi connectivity index (χ4v) is 10.4. The summed E-state index contributed by atoms with van der Waals surface area (Å²) in [5, 5.41) is 1.48. The smallest absolute Gasteiger partial charge is 0.0879 e. The Kier molecular flexibility index (Phi) is 4.44. The van der Waals surface area contributed by atoms with E-state index in [9.17, 15) is 0 Å². The van der Waals surface area contributed by atoms with Gasteiger partial charge < -0.3 is 0 Å². The van der Waals surface area contributed by atoms with E-state index in [0.717, 1.165) is 16.6 Å². The molecule has 0 aromatic heterocycles. The molecule has 0 aliphatic heterocycles. The highest BCUT2D eigenvalue weighted by atomic mass is 28.3. The second-order valence-electron chi connectivity index (χ2n) is 5.18. The van der Waals surface area contributed by atoms with Gasteiger partial charge in [-0.25, -0.2) is 0 Å². The average Bonchev–Trinajstić information content (AvgIpc) is 1.82. The first-order valence-corrected chi connectivity index (χ1v) is 7.67. The molecule has 0 saturated carbocycles. The van der Waals surface area contributed by atoms with Crippen molar-refractivity contribution in [3.8, 4) is 0 Å². The van der Waals surface area contributed by atoms with Crippen molar-refractivity contribution in [1.29, 1.82) is 0 Å². The fourth-order valence-electron chi connectivity index (χ4n) is 3.48. The van der Waals surface area contributed by atoms with Crippen LogP contribution < -0.4 is 0 Å². The lowest BCUT2D eigenvalue weighted by Gasteiger charge is -2.43. The molecule has 0 nitrogen and oxygen atoms in total. The fraction of sp³-hybridized carbons (Fsp3) is 0.833. The zero-order chi connectivity index (χ0) is 10.8. The van der Waals surface area contributed by atoms with Gasteiger partial charge in [0.25, 0.3) is 0 Å². The molecule has 0 N–H and O–H groups in total. The van der Waals surface area contributed by atoms with Crippen LogP contribution in [0.15, 0.2) is 11.8 Å². The van der Waals surface area contributed by atoms with E-state index in [2.05, 4.69) is 55.0 Å². The van der Waals surface area contributed by atoms with Crippen LogP contribution in [0.4, 0.5) is 0 Å². The zero-order valence-corrected chi connectivity index (χ0v) is 11.4. The van der Waals surface area contributed by atoms with Gasteiger partial charge in [0, 0.05) is 0 Å². The molecule has 0 radical (unpaired) electrons. The Morgan fingerprint density at radius 1 is 0.846 bits per heavy atom. The lowest BCUT2D eigenvalue weighted by molar-refractivity contribution is 0.824. The molecule has 0 atom stereocenters. The third kappa shape index (κ3) is 2.07. The van der Waals surface area contributed by atoms with Gasteiger partial charge in [-0.3, -0.25) is 0 Å². The van der Waals surface area contributed by atoms with Gasteiger partial charge in [0.05, 0.1) is 8.07 Å². The van der Waals surface area contributed by atoms with Crippen molar-refractivity contribution >= 4 is 8.07 Å². The average molecular weight is 198 g/mol. The molecule has 13 heavy (non-hydrogen) atoms. The number of hydrogen-bond donors (Lipinski definition) is 0. The Hall–Kier alpha value is -0.0431. The molecule has 0 amide bonds. The van der Waals surface area contributed by atoms with Crippen molar-refractivity contribution in [3.63, 3.8) is 0 Å². The Bertz CT molecular complexity index is 156. The van der Waals surface area contributed by atoms with Crippen molar-refractivity contribution in [2.45, 2.75) is 65.1 Å². The van der Waals surface area contributed by atoms with Gasteiger partial charge in [0.2, 0.25) is 0 Å². The Morgan fingerprint density at radius 3 is 1.08 bits per heavy atom. The monoisotopic (exact) mass is 198 g/mol. The third-order valence-electron chi connectivity index (χ3n) is 3.61. The van der Waals surface area contributed by atoms with Crippen LogP contribution in [0.5, 0.6) is 0 Å². The first-order valence-electron chi connectivity index (χ1n) is 5.43. The summed E-state index contributed by atoms with van der Waals surface area (Å²) >= 11 is 0. The summed E-state index contributed by atoms with van der Waals surface area (Å²) < 4.78 is 0. The third-order valence-corrected chi connectivity index (χ3v) is 10.8. The van der Waals surface area contributed by atoms with Crippen LogP contribution in [0.3, 0.4) is 0 Å². The van der Waals surface area contributed by atoms with Crippen molar-refractivity contribution in [2.75, 3.05) is 0 Å². The van der Waals surface area contributed by atoms with Gasteiger partial charge in [-0.1, -0.05) is 46.7 Å². The molecular formula is C12H26Si. The highest BCUT2D eigenvalue weighted by Crippen LogP contribution is 2.45. The summed E-state index contributed by atoms with van der Waals surface area (Å²) in [5.74, 6) is 0. The van der Waals surface area contributed by atoms with E-state index in [1.807, 2.05) is 0 Å². The molecule has 0 aliphatic carbocycles. The van der Waals surface area contributed by atoms with Gasteiger partial charge in [0.15, 0.2) is 0 Å². The van der Waals surface area contributed by atoms with Gasteiger partial charge in [-0.15, -0.1) is 6.58 Å². The second-order valence-corrected chi connectivity index (χ2v) is 11.4. The Labute approximate surface area is 85.4 Å². The van der Waals surface area contributed by atoms with E-state index in [1.54, 1.807) is 0 Å². The highest BCUT2D eigenvalue weighted by molar-refractivity contribution is 6.89. The molecule has 0 aromatic rings. The van der Waals surface area contributed by atoms with Crippen molar-refractivity contribution in [2.24, 2.45) is 0 Å². The second kappa shape index (κ2) is 4.45. The summed E-state index contributed by atoms with van der Waals surface area (Å²) in [5.41, 5.74) is 2.43. The standard InChI is InChI=1S/C12H26Si/c1-9(2)13(10(3)4,11(5)6)12(7)8/h10-12H,1H2,2-8H3. The Morgan fingerprint density at radius 2 is 1.08 bits per heavy atom. The molecule has 0 heterocycles. The van der Waals surface area contributed by atoms with Crippen molar-refractivity contribution in [1.82, 2.24) is 0 Å². The zero-order valence-electron chi connectivity index (χ0n) is 10.4. The lowest BCUT2D eigenvalue weighted by Crippen LogP contribution is -2.45. The van der Waals surface area contributed by atoms with Crippen LogP contribution >= 0.6 is 0 Å². The molecule has 0 aromatic carbocycles. The number of rotatable bonds is 4. The number of hydrogen-bond acceptors (Lipinski definition) is 0. The van der Waals surface area contributed by atoms with Crippen LogP contribution in [0, 0.1) is 0 Å². The number of allylic oxidation sites excluding steroid dienone is 1. The van der Waals surface area contributed by atoms with Crippen molar-refractivity contribution in [3.05, 3.63) is 11.8 Å². The van der Waals surface area contributed by atoms with Gasteiger partial charge in [-0.2, -0.15) is 0 Å². The highest BCUT2D eigenvalue weighted by Gasteiger charge is 2.43. The lowest BCUT2D eigenvalue weighted by atomic mass is 10.5.